The number of rotatable bonds is 4. The van der Waals surface area contributed by atoms with Gasteiger partial charge in [-0.3, -0.25) is 4.79 Å². The Labute approximate surface area is 172 Å². The molecule has 2 aromatic rings. The van der Waals surface area contributed by atoms with Crippen molar-refractivity contribution in [1.29, 1.82) is 0 Å². The van der Waals surface area contributed by atoms with Gasteiger partial charge < -0.3 is 9.32 Å². The molecule has 0 saturated carbocycles. The van der Waals surface area contributed by atoms with E-state index in [4.69, 9.17) is 4.42 Å². The van der Waals surface area contributed by atoms with E-state index in [-0.39, 0.29) is 24.4 Å². The van der Waals surface area contributed by atoms with Crippen LogP contribution in [-0.4, -0.2) is 49.7 Å². The van der Waals surface area contributed by atoms with Crippen LogP contribution in [0.25, 0.3) is 6.08 Å². The molecule has 1 fully saturated rings. The van der Waals surface area contributed by atoms with Crippen LogP contribution in [0.2, 0.25) is 0 Å². The molecule has 1 aliphatic heterocycles. The normalized spacial score (nSPS) is 16.5. The zero-order valence-corrected chi connectivity index (χ0v) is 18.2. The zero-order valence-electron chi connectivity index (χ0n) is 17.4. The van der Waals surface area contributed by atoms with Gasteiger partial charge in [-0.25, -0.2) is 8.42 Å². The average molecular weight is 417 g/mol. The van der Waals surface area contributed by atoms with Crippen molar-refractivity contribution in [3.63, 3.8) is 0 Å². The summed E-state index contributed by atoms with van der Waals surface area (Å²) >= 11 is 0. The van der Waals surface area contributed by atoms with E-state index < -0.39 is 10.0 Å². The first-order chi connectivity index (χ1) is 13.6. The molecule has 0 unspecified atom stereocenters. The van der Waals surface area contributed by atoms with Gasteiger partial charge in [0.05, 0.1) is 4.90 Å². The molecule has 0 bridgehead atoms. The maximum atomic E-state index is 12.9. The number of carbonyl (C=O) groups is 1. The highest BCUT2D eigenvalue weighted by Gasteiger charge is 2.29. The number of amides is 1. The van der Waals surface area contributed by atoms with Gasteiger partial charge in [-0.15, -0.1) is 0 Å². The Bertz CT molecular complexity index is 990. The molecular weight excluding hydrogens is 388 g/mol. The number of hydrogen-bond acceptors (Lipinski definition) is 4. The van der Waals surface area contributed by atoms with Gasteiger partial charge in [-0.2, -0.15) is 4.31 Å². The number of sulfonamides is 1. The van der Waals surface area contributed by atoms with Crippen molar-refractivity contribution in [2.75, 3.05) is 26.2 Å². The summed E-state index contributed by atoms with van der Waals surface area (Å²) in [6.45, 7) is 9.40. The van der Waals surface area contributed by atoms with Crippen molar-refractivity contribution in [2.24, 2.45) is 0 Å². The molecule has 7 heteroatoms. The van der Waals surface area contributed by atoms with Crippen LogP contribution in [0.5, 0.6) is 0 Å². The Morgan fingerprint density at radius 2 is 1.62 bits per heavy atom. The van der Waals surface area contributed by atoms with Gasteiger partial charge in [-0.05, 0) is 48.2 Å². The van der Waals surface area contributed by atoms with E-state index in [0.29, 0.717) is 23.7 Å². The summed E-state index contributed by atoms with van der Waals surface area (Å²) in [5.74, 6) is 1.26. The number of benzene rings is 1. The Balaban J connectivity index is 1.62. The predicted octanol–water partition coefficient (Wildman–Crippen LogP) is 3.43. The highest BCUT2D eigenvalue weighted by atomic mass is 32.2. The first-order valence-electron chi connectivity index (χ1n) is 9.71. The molecule has 0 atom stereocenters. The lowest BCUT2D eigenvalue weighted by Gasteiger charge is -2.33. The third-order valence-electron chi connectivity index (χ3n) is 5.06. The zero-order chi connectivity index (χ0) is 21.2. The number of piperazine rings is 1. The van der Waals surface area contributed by atoms with Crippen LogP contribution < -0.4 is 0 Å². The van der Waals surface area contributed by atoms with Crippen molar-refractivity contribution < 1.29 is 17.6 Å². The Kier molecular flexibility index (Phi) is 6.00. The molecule has 6 nitrogen and oxygen atoms in total. The SMILES string of the molecule is Cc1ccc(/C=C/C(=O)N2CCN(S(=O)(=O)c3ccc(C(C)(C)C)cc3)CC2)o1. The number of furan rings is 1. The maximum absolute atomic E-state index is 12.9. The minimum absolute atomic E-state index is 0.0316. The fourth-order valence-corrected chi connectivity index (χ4v) is 4.65. The Hall–Kier alpha value is -2.38. The minimum atomic E-state index is -3.56. The lowest BCUT2D eigenvalue weighted by molar-refractivity contribution is -0.127. The molecule has 0 aliphatic carbocycles. The molecule has 0 radical (unpaired) electrons. The average Bonchev–Trinajstić information content (AvgIpc) is 3.11. The van der Waals surface area contributed by atoms with E-state index in [1.807, 2.05) is 25.1 Å². The molecule has 0 spiro atoms. The van der Waals surface area contributed by atoms with Crippen LogP contribution in [0.1, 0.15) is 37.9 Å². The monoisotopic (exact) mass is 416 g/mol. The van der Waals surface area contributed by atoms with Crippen molar-refractivity contribution in [2.45, 2.75) is 38.0 Å². The number of carbonyl (C=O) groups excluding carboxylic acids is 1. The maximum Gasteiger partial charge on any atom is 0.246 e. The lowest BCUT2D eigenvalue weighted by atomic mass is 9.87. The second-order valence-corrected chi connectivity index (χ2v) is 10.2. The number of nitrogens with zero attached hydrogens (tertiary/aromatic N) is 2. The third-order valence-corrected chi connectivity index (χ3v) is 6.97. The van der Waals surface area contributed by atoms with E-state index in [1.165, 1.54) is 10.4 Å². The van der Waals surface area contributed by atoms with Crippen molar-refractivity contribution in [3.05, 3.63) is 59.6 Å². The van der Waals surface area contributed by atoms with Crippen LogP contribution in [0.4, 0.5) is 0 Å². The third kappa shape index (κ3) is 4.97. The molecule has 1 aliphatic rings. The molecule has 2 heterocycles. The molecule has 1 aromatic heterocycles. The molecule has 0 N–H and O–H groups in total. The summed E-state index contributed by atoms with van der Waals surface area (Å²) in [6.07, 6.45) is 3.10. The van der Waals surface area contributed by atoms with E-state index in [2.05, 4.69) is 20.8 Å². The Morgan fingerprint density at radius 1 is 1.00 bits per heavy atom. The Morgan fingerprint density at radius 3 is 2.14 bits per heavy atom. The number of hydrogen-bond donors (Lipinski definition) is 0. The molecular formula is C22H28N2O4S. The summed E-state index contributed by atoms with van der Waals surface area (Å²) in [5, 5.41) is 0. The molecule has 1 aromatic carbocycles. The fourth-order valence-electron chi connectivity index (χ4n) is 3.23. The van der Waals surface area contributed by atoms with E-state index in [0.717, 1.165) is 11.3 Å². The molecule has 3 rings (SSSR count). The van der Waals surface area contributed by atoms with Crippen LogP contribution in [-0.2, 0) is 20.2 Å². The van der Waals surface area contributed by atoms with Crippen molar-refractivity contribution in [3.8, 4) is 0 Å². The van der Waals surface area contributed by atoms with Crippen LogP contribution in [0, 0.1) is 6.92 Å². The summed E-state index contributed by atoms with van der Waals surface area (Å²) in [5.41, 5.74) is 1.06. The van der Waals surface area contributed by atoms with Gasteiger partial charge in [0, 0.05) is 32.3 Å². The van der Waals surface area contributed by atoms with Crippen molar-refractivity contribution >= 4 is 22.0 Å². The smallest absolute Gasteiger partial charge is 0.246 e. The van der Waals surface area contributed by atoms with Crippen molar-refractivity contribution in [1.82, 2.24) is 9.21 Å². The first kappa shape index (κ1) is 21.3. The number of aryl methyl sites for hydroxylation is 1. The standard InChI is InChI=1S/C22H28N2O4S/c1-17-5-8-19(28-17)9-12-21(25)23-13-15-24(16-14-23)29(26,27)20-10-6-18(7-11-20)22(2,3)4/h5-12H,13-16H2,1-4H3/b12-9+. The molecule has 29 heavy (non-hydrogen) atoms. The van der Waals surface area contributed by atoms with E-state index in [1.54, 1.807) is 29.2 Å². The summed E-state index contributed by atoms with van der Waals surface area (Å²) in [7, 11) is -3.56. The topological polar surface area (TPSA) is 70.8 Å². The second-order valence-electron chi connectivity index (χ2n) is 8.29. The van der Waals surface area contributed by atoms with Crippen LogP contribution in [0.3, 0.4) is 0 Å². The largest absolute Gasteiger partial charge is 0.462 e. The van der Waals surface area contributed by atoms with Gasteiger partial charge in [-0.1, -0.05) is 32.9 Å². The highest BCUT2D eigenvalue weighted by Crippen LogP contribution is 2.25. The quantitative estimate of drug-likeness (QED) is 0.716. The van der Waals surface area contributed by atoms with Gasteiger partial charge in [0.15, 0.2) is 0 Å². The summed E-state index contributed by atoms with van der Waals surface area (Å²) in [4.78, 5) is 14.3. The summed E-state index contributed by atoms with van der Waals surface area (Å²) in [6, 6.07) is 10.7. The lowest BCUT2D eigenvalue weighted by Crippen LogP contribution is -2.50. The van der Waals surface area contributed by atoms with Gasteiger partial charge >= 0.3 is 0 Å². The van der Waals surface area contributed by atoms with Crippen LogP contribution in [0.15, 0.2) is 51.8 Å². The predicted molar refractivity (Wildman–Crippen MR) is 113 cm³/mol. The van der Waals surface area contributed by atoms with Gasteiger partial charge in [0.25, 0.3) is 0 Å². The molecule has 1 saturated heterocycles. The van der Waals surface area contributed by atoms with E-state index >= 15 is 0 Å². The van der Waals surface area contributed by atoms with Gasteiger partial charge in [0.1, 0.15) is 11.5 Å². The first-order valence-corrected chi connectivity index (χ1v) is 11.2. The fraction of sp³-hybridized carbons (Fsp3) is 0.409. The molecule has 1 amide bonds. The minimum Gasteiger partial charge on any atom is -0.462 e. The van der Waals surface area contributed by atoms with Crippen LogP contribution >= 0.6 is 0 Å². The summed E-state index contributed by atoms with van der Waals surface area (Å²) < 4.78 is 32.7. The second kappa shape index (κ2) is 8.16. The highest BCUT2D eigenvalue weighted by molar-refractivity contribution is 7.89. The van der Waals surface area contributed by atoms with E-state index in [9.17, 15) is 13.2 Å². The van der Waals surface area contributed by atoms with Gasteiger partial charge in [0.2, 0.25) is 15.9 Å². The molecule has 156 valence electrons.